The van der Waals surface area contributed by atoms with Gasteiger partial charge in [0.2, 0.25) is 0 Å². The van der Waals surface area contributed by atoms with Crippen LogP contribution in [0.1, 0.15) is 40.8 Å². The highest BCUT2D eigenvalue weighted by atomic mass is 19.4. The topological polar surface area (TPSA) is 111 Å². The number of aryl methyl sites for hydroxylation is 1. The van der Waals surface area contributed by atoms with Gasteiger partial charge >= 0.3 is 12.1 Å². The Kier molecular flexibility index (Phi) is 7.72. The summed E-state index contributed by atoms with van der Waals surface area (Å²) in [5.41, 5.74) is 4.28. The Bertz CT molecular complexity index is 1130. The maximum absolute atomic E-state index is 12.5. The minimum Gasteiger partial charge on any atom is -0.475 e. The fourth-order valence-corrected chi connectivity index (χ4v) is 3.27. The van der Waals surface area contributed by atoms with E-state index in [2.05, 4.69) is 15.4 Å². The lowest BCUT2D eigenvalue weighted by molar-refractivity contribution is -0.192. The summed E-state index contributed by atoms with van der Waals surface area (Å²) in [6.07, 6.45) is 0.452. The van der Waals surface area contributed by atoms with Crippen LogP contribution >= 0.6 is 0 Å². The summed E-state index contributed by atoms with van der Waals surface area (Å²) in [6, 6.07) is 9.77. The number of nitrogens with one attached hydrogen (secondary N) is 1. The molecule has 2 aromatic heterocycles. The second kappa shape index (κ2) is 10.5. The summed E-state index contributed by atoms with van der Waals surface area (Å²) in [5, 5.41) is 14.5. The predicted octanol–water partition coefficient (Wildman–Crippen LogP) is 3.92. The number of ether oxygens (including phenoxy) is 1. The standard InChI is InChI=1S/C20H23N5O2.C2HF3O2/c1-14-15(2)24(13-21-14)17-5-3-16(4-6-17)22-20(26)19-7-10-25(23-19)18-8-11-27-12-9-18;3-2(4,5)1(6)7/h3-7,10,13,18H,8-9,11-12H2,1-2H3,(H,22,26);(H,6,7). The van der Waals surface area contributed by atoms with Crippen LogP contribution in [-0.2, 0) is 9.53 Å². The van der Waals surface area contributed by atoms with Gasteiger partial charge in [0, 0.05) is 36.5 Å². The normalized spacial score (nSPS) is 14.3. The Morgan fingerprint density at radius 3 is 2.26 bits per heavy atom. The molecule has 0 atom stereocenters. The molecular formula is C22H24F3N5O4. The third kappa shape index (κ3) is 6.22. The number of rotatable bonds is 4. The molecule has 3 aromatic rings. The number of anilines is 1. The SMILES string of the molecule is Cc1ncn(-c2ccc(NC(=O)c3ccn(C4CCOCC4)n3)cc2)c1C.O=C(O)C(F)(F)F. The zero-order valence-electron chi connectivity index (χ0n) is 18.5. The van der Waals surface area contributed by atoms with Crippen LogP contribution in [0.2, 0.25) is 0 Å². The number of aromatic nitrogens is 4. The van der Waals surface area contributed by atoms with Gasteiger partial charge in [-0.3, -0.25) is 9.48 Å². The summed E-state index contributed by atoms with van der Waals surface area (Å²) in [5.74, 6) is -2.96. The number of amides is 1. The van der Waals surface area contributed by atoms with Crippen molar-refractivity contribution >= 4 is 17.6 Å². The van der Waals surface area contributed by atoms with Crippen molar-refractivity contribution in [1.29, 1.82) is 0 Å². The number of halogens is 3. The highest BCUT2D eigenvalue weighted by Crippen LogP contribution is 2.21. The van der Waals surface area contributed by atoms with E-state index in [-0.39, 0.29) is 5.91 Å². The Labute approximate surface area is 193 Å². The average molecular weight is 479 g/mol. The molecule has 1 aliphatic rings. The zero-order chi connectivity index (χ0) is 24.9. The first-order valence-corrected chi connectivity index (χ1v) is 10.4. The summed E-state index contributed by atoms with van der Waals surface area (Å²) < 4.78 is 41.0. The summed E-state index contributed by atoms with van der Waals surface area (Å²) in [7, 11) is 0. The molecule has 4 rings (SSSR count). The smallest absolute Gasteiger partial charge is 0.475 e. The van der Waals surface area contributed by atoms with Crippen LogP contribution in [0.3, 0.4) is 0 Å². The van der Waals surface area contributed by atoms with Crippen molar-refractivity contribution < 1.29 is 32.6 Å². The van der Waals surface area contributed by atoms with Crippen LogP contribution in [0.4, 0.5) is 18.9 Å². The summed E-state index contributed by atoms with van der Waals surface area (Å²) in [4.78, 5) is 25.7. The first kappa shape index (κ1) is 25.0. The van der Waals surface area contributed by atoms with Gasteiger partial charge in [-0.15, -0.1) is 0 Å². The van der Waals surface area contributed by atoms with Crippen molar-refractivity contribution in [3.63, 3.8) is 0 Å². The Morgan fingerprint density at radius 1 is 1.12 bits per heavy atom. The number of hydrogen-bond donors (Lipinski definition) is 2. The van der Waals surface area contributed by atoms with Crippen LogP contribution in [0.25, 0.3) is 5.69 Å². The summed E-state index contributed by atoms with van der Waals surface area (Å²) in [6.45, 7) is 5.51. The van der Waals surface area contributed by atoms with Crippen molar-refractivity contribution in [3.05, 3.63) is 59.9 Å². The molecule has 0 spiro atoms. The van der Waals surface area contributed by atoms with E-state index in [0.717, 1.165) is 48.8 Å². The average Bonchev–Trinajstić information content (AvgIpc) is 3.43. The lowest BCUT2D eigenvalue weighted by Crippen LogP contribution is -2.21. The number of benzene rings is 1. The van der Waals surface area contributed by atoms with Crippen molar-refractivity contribution in [2.75, 3.05) is 18.5 Å². The lowest BCUT2D eigenvalue weighted by Gasteiger charge is -2.22. The third-order valence-corrected chi connectivity index (χ3v) is 5.30. The highest BCUT2D eigenvalue weighted by molar-refractivity contribution is 6.02. The predicted molar refractivity (Wildman–Crippen MR) is 116 cm³/mol. The number of carboxylic acids is 1. The van der Waals surface area contributed by atoms with E-state index >= 15 is 0 Å². The van der Waals surface area contributed by atoms with E-state index in [9.17, 15) is 18.0 Å². The Hall–Kier alpha value is -3.67. The Morgan fingerprint density at radius 2 is 1.74 bits per heavy atom. The number of imidazole rings is 1. The first-order valence-electron chi connectivity index (χ1n) is 10.4. The molecule has 1 aliphatic heterocycles. The molecule has 0 radical (unpaired) electrons. The number of carboxylic acid groups (broad SMARTS) is 1. The number of alkyl halides is 3. The quantitative estimate of drug-likeness (QED) is 0.587. The molecule has 0 unspecified atom stereocenters. The number of nitrogens with zero attached hydrogens (tertiary/aromatic N) is 4. The highest BCUT2D eigenvalue weighted by Gasteiger charge is 2.38. The molecular weight excluding hydrogens is 455 g/mol. The second-order valence-electron chi connectivity index (χ2n) is 7.61. The van der Waals surface area contributed by atoms with Crippen LogP contribution < -0.4 is 5.32 Å². The molecule has 0 bridgehead atoms. The van der Waals surface area contributed by atoms with Crippen molar-refractivity contribution in [2.24, 2.45) is 0 Å². The van der Waals surface area contributed by atoms with Gasteiger partial charge in [0.05, 0.1) is 18.1 Å². The van der Waals surface area contributed by atoms with Gasteiger partial charge in [0.15, 0.2) is 5.69 Å². The molecule has 9 nitrogen and oxygen atoms in total. The minimum atomic E-state index is -5.08. The van der Waals surface area contributed by atoms with Crippen LogP contribution in [0.5, 0.6) is 0 Å². The second-order valence-corrected chi connectivity index (χ2v) is 7.61. The molecule has 3 heterocycles. The van der Waals surface area contributed by atoms with Gasteiger partial charge in [-0.25, -0.2) is 9.78 Å². The van der Waals surface area contributed by atoms with E-state index in [1.54, 1.807) is 12.4 Å². The van der Waals surface area contributed by atoms with Crippen LogP contribution in [-0.4, -0.2) is 55.7 Å². The molecule has 1 amide bonds. The number of carbonyl (C=O) groups excluding carboxylic acids is 1. The van der Waals surface area contributed by atoms with E-state index in [1.807, 2.05) is 53.6 Å². The maximum Gasteiger partial charge on any atom is 0.490 e. The molecule has 34 heavy (non-hydrogen) atoms. The molecule has 1 fully saturated rings. The van der Waals surface area contributed by atoms with Gasteiger partial charge in [0.1, 0.15) is 0 Å². The number of hydrogen-bond acceptors (Lipinski definition) is 5. The fraction of sp³-hybridized carbons (Fsp3) is 0.364. The van der Waals surface area contributed by atoms with Gasteiger partial charge in [-0.05, 0) is 57.0 Å². The third-order valence-electron chi connectivity index (χ3n) is 5.30. The number of carbonyl (C=O) groups is 2. The molecule has 0 aliphatic carbocycles. The molecule has 0 saturated carbocycles. The fourth-order valence-electron chi connectivity index (χ4n) is 3.27. The van der Waals surface area contributed by atoms with Gasteiger partial charge in [0.25, 0.3) is 5.91 Å². The van der Waals surface area contributed by atoms with Crippen LogP contribution in [0, 0.1) is 13.8 Å². The van der Waals surface area contributed by atoms with Gasteiger partial charge in [-0.1, -0.05) is 0 Å². The van der Waals surface area contributed by atoms with E-state index < -0.39 is 12.1 Å². The monoisotopic (exact) mass is 479 g/mol. The van der Waals surface area contributed by atoms with Crippen molar-refractivity contribution in [3.8, 4) is 5.69 Å². The lowest BCUT2D eigenvalue weighted by atomic mass is 10.1. The van der Waals surface area contributed by atoms with Gasteiger partial charge in [-0.2, -0.15) is 18.3 Å². The van der Waals surface area contributed by atoms with E-state index in [1.165, 1.54) is 0 Å². The molecule has 1 aromatic carbocycles. The molecule has 182 valence electrons. The molecule has 1 saturated heterocycles. The van der Waals surface area contributed by atoms with Gasteiger partial charge < -0.3 is 19.7 Å². The first-order chi connectivity index (χ1) is 16.1. The number of aliphatic carboxylic acids is 1. The van der Waals surface area contributed by atoms with E-state index in [4.69, 9.17) is 14.6 Å². The molecule has 2 N–H and O–H groups in total. The minimum absolute atomic E-state index is 0.205. The molecule has 12 heteroatoms. The Balaban J connectivity index is 0.000000406. The van der Waals surface area contributed by atoms with E-state index in [0.29, 0.717) is 11.7 Å². The maximum atomic E-state index is 12.5. The summed E-state index contributed by atoms with van der Waals surface area (Å²) >= 11 is 0. The van der Waals surface area contributed by atoms with Crippen molar-refractivity contribution in [2.45, 2.75) is 38.9 Å². The van der Waals surface area contributed by atoms with Crippen LogP contribution in [0.15, 0.2) is 42.9 Å². The largest absolute Gasteiger partial charge is 0.490 e. The zero-order valence-corrected chi connectivity index (χ0v) is 18.5. The van der Waals surface area contributed by atoms with Crippen molar-refractivity contribution in [1.82, 2.24) is 19.3 Å².